The molecule has 0 spiro atoms. The number of pyridine rings is 1. The van der Waals surface area contributed by atoms with Crippen LogP contribution in [0.2, 0.25) is 5.02 Å². The fourth-order valence-corrected chi connectivity index (χ4v) is 6.08. The zero-order valence-electron chi connectivity index (χ0n) is 15.1. The van der Waals surface area contributed by atoms with Gasteiger partial charge in [-0.15, -0.1) is 0 Å². The molecule has 1 unspecified atom stereocenters. The number of benzene rings is 2. The highest BCUT2D eigenvalue weighted by atomic mass is 35.5. The zero-order valence-corrected chi connectivity index (χ0v) is 17.5. The molecule has 0 aliphatic carbocycles. The molecule has 3 rings (SSSR count). The van der Waals surface area contributed by atoms with Crippen molar-refractivity contribution in [2.24, 2.45) is 0 Å². The Hall–Kier alpha value is -2.02. The molecule has 1 atom stereocenters. The summed E-state index contributed by atoms with van der Waals surface area (Å²) in [4.78, 5) is 4.91. The Balaban J connectivity index is 2.23. The standard InChI is InChI=1S/C20H18ClNO3S2/c1-13-4-10-18(11-5-13)27(24,25)19-14(2)12-15(3)22-20(19)26(23)17-8-6-16(21)7-9-17/h4-12H,1-3H3. The minimum absolute atomic E-state index is 0.00904. The van der Waals surface area contributed by atoms with Gasteiger partial charge in [-0.05, 0) is 68.8 Å². The molecule has 0 aliphatic heterocycles. The second-order valence-electron chi connectivity index (χ2n) is 6.25. The number of aromatic nitrogens is 1. The molecule has 0 radical (unpaired) electrons. The fraction of sp³-hybridized carbons (Fsp3) is 0.150. The zero-order chi connectivity index (χ0) is 19.8. The Bertz CT molecular complexity index is 1120. The van der Waals surface area contributed by atoms with Crippen molar-refractivity contribution in [2.75, 3.05) is 0 Å². The molecule has 0 aliphatic rings. The van der Waals surface area contributed by atoms with E-state index in [0.29, 0.717) is 21.2 Å². The third-order valence-corrected chi connectivity index (χ3v) is 7.73. The Morgan fingerprint density at radius 3 is 2.11 bits per heavy atom. The Morgan fingerprint density at radius 2 is 1.52 bits per heavy atom. The molecule has 0 N–H and O–H groups in total. The van der Waals surface area contributed by atoms with E-state index >= 15 is 0 Å². The summed E-state index contributed by atoms with van der Waals surface area (Å²) in [6.45, 7) is 5.33. The van der Waals surface area contributed by atoms with E-state index in [9.17, 15) is 12.6 Å². The second-order valence-corrected chi connectivity index (χ2v) is 9.97. The lowest BCUT2D eigenvalue weighted by Crippen LogP contribution is -2.12. The molecule has 3 aromatic rings. The first-order chi connectivity index (χ1) is 12.7. The molecule has 0 amide bonds. The maximum absolute atomic E-state index is 13.3. The van der Waals surface area contributed by atoms with Crippen LogP contribution in [0.4, 0.5) is 0 Å². The summed E-state index contributed by atoms with van der Waals surface area (Å²) in [7, 11) is -5.64. The molecule has 0 fully saturated rings. The summed E-state index contributed by atoms with van der Waals surface area (Å²) >= 11 is 5.90. The number of nitrogens with zero attached hydrogens (tertiary/aromatic N) is 1. The number of sulfone groups is 1. The predicted octanol–water partition coefficient (Wildman–Crippen LogP) is 4.66. The van der Waals surface area contributed by atoms with Crippen molar-refractivity contribution < 1.29 is 12.6 Å². The highest BCUT2D eigenvalue weighted by Crippen LogP contribution is 2.31. The van der Waals surface area contributed by atoms with Crippen LogP contribution in [0.1, 0.15) is 16.8 Å². The Morgan fingerprint density at radius 1 is 0.926 bits per heavy atom. The SMILES string of the molecule is Cc1ccc(S(=O)(=O)c2c(C)cc(C)nc2S(=O)c2ccc(Cl)cc2)cc1. The number of rotatable bonds is 4. The van der Waals surface area contributed by atoms with Crippen LogP contribution >= 0.6 is 11.6 Å². The summed E-state index contributed by atoms with van der Waals surface area (Å²) < 4.78 is 39.7. The van der Waals surface area contributed by atoms with E-state index in [1.807, 2.05) is 6.92 Å². The van der Waals surface area contributed by atoms with Gasteiger partial charge in [-0.1, -0.05) is 29.3 Å². The largest absolute Gasteiger partial charge is 0.247 e. The van der Waals surface area contributed by atoms with Crippen LogP contribution in [0.5, 0.6) is 0 Å². The number of hydrogen-bond acceptors (Lipinski definition) is 4. The normalized spacial score (nSPS) is 12.7. The van der Waals surface area contributed by atoms with E-state index in [1.165, 1.54) is 0 Å². The van der Waals surface area contributed by atoms with Gasteiger partial charge in [0, 0.05) is 15.6 Å². The van der Waals surface area contributed by atoms with Crippen molar-refractivity contribution in [3.63, 3.8) is 0 Å². The highest BCUT2D eigenvalue weighted by molar-refractivity contribution is 7.92. The smallest absolute Gasteiger partial charge is 0.209 e. The molecule has 140 valence electrons. The molecule has 1 aromatic heterocycles. The first-order valence-corrected chi connectivity index (χ1v) is 11.2. The van der Waals surface area contributed by atoms with Gasteiger partial charge in [0.1, 0.15) is 15.7 Å². The van der Waals surface area contributed by atoms with Gasteiger partial charge in [-0.3, -0.25) is 0 Å². The number of halogens is 1. The van der Waals surface area contributed by atoms with E-state index in [0.717, 1.165) is 5.56 Å². The first-order valence-electron chi connectivity index (χ1n) is 8.17. The molecular weight excluding hydrogens is 402 g/mol. The maximum atomic E-state index is 13.3. The second kappa shape index (κ2) is 7.54. The summed E-state index contributed by atoms with van der Waals surface area (Å²) in [5.41, 5.74) is 2.07. The molecule has 27 heavy (non-hydrogen) atoms. The van der Waals surface area contributed by atoms with E-state index in [2.05, 4.69) is 4.98 Å². The van der Waals surface area contributed by atoms with Gasteiger partial charge in [-0.25, -0.2) is 17.6 Å². The van der Waals surface area contributed by atoms with Gasteiger partial charge >= 0.3 is 0 Å². The van der Waals surface area contributed by atoms with Crippen molar-refractivity contribution in [1.29, 1.82) is 0 Å². The van der Waals surface area contributed by atoms with E-state index in [4.69, 9.17) is 11.6 Å². The lowest BCUT2D eigenvalue weighted by molar-refractivity contribution is 0.590. The van der Waals surface area contributed by atoms with E-state index in [-0.39, 0.29) is 14.8 Å². The maximum Gasteiger partial charge on any atom is 0.209 e. The van der Waals surface area contributed by atoms with Crippen LogP contribution in [0, 0.1) is 20.8 Å². The molecule has 2 aromatic carbocycles. The quantitative estimate of drug-likeness (QED) is 0.616. The lowest BCUT2D eigenvalue weighted by Gasteiger charge is -2.14. The number of hydrogen-bond donors (Lipinski definition) is 0. The molecule has 0 saturated carbocycles. The summed E-state index contributed by atoms with van der Waals surface area (Å²) in [6, 6.07) is 14.7. The van der Waals surface area contributed by atoms with Crippen LogP contribution < -0.4 is 0 Å². The van der Waals surface area contributed by atoms with Crippen LogP contribution in [-0.4, -0.2) is 17.6 Å². The predicted molar refractivity (Wildman–Crippen MR) is 106 cm³/mol. The van der Waals surface area contributed by atoms with Crippen molar-refractivity contribution in [1.82, 2.24) is 4.98 Å². The van der Waals surface area contributed by atoms with Crippen molar-refractivity contribution in [3.05, 3.63) is 76.4 Å². The fourth-order valence-electron chi connectivity index (χ4n) is 2.75. The minimum atomic E-state index is -3.88. The van der Waals surface area contributed by atoms with E-state index in [1.54, 1.807) is 68.4 Å². The highest BCUT2D eigenvalue weighted by Gasteiger charge is 2.28. The minimum Gasteiger partial charge on any atom is -0.247 e. The van der Waals surface area contributed by atoms with Gasteiger partial charge < -0.3 is 0 Å². The first kappa shape index (κ1) is 19.7. The summed E-state index contributed by atoms with van der Waals surface area (Å²) in [5.74, 6) is 0. The molecule has 7 heteroatoms. The van der Waals surface area contributed by atoms with Gasteiger partial charge in [0.15, 0.2) is 5.03 Å². The van der Waals surface area contributed by atoms with Gasteiger partial charge in [-0.2, -0.15) is 0 Å². The Labute approximate surface area is 166 Å². The molecule has 0 saturated heterocycles. The number of aryl methyl sites for hydroxylation is 3. The van der Waals surface area contributed by atoms with Crippen LogP contribution in [0.25, 0.3) is 0 Å². The average molecular weight is 420 g/mol. The van der Waals surface area contributed by atoms with Crippen LogP contribution in [-0.2, 0) is 20.6 Å². The van der Waals surface area contributed by atoms with Crippen LogP contribution in [0.15, 0.2) is 74.3 Å². The molecule has 4 nitrogen and oxygen atoms in total. The van der Waals surface area contributed by atoms with Crippen molar-refractivity contribution >= 4 is 32.2 Å². The molecule has 1 heterocycles. The third-order valence-electron chi connectivity index (χ3n) is 4.06. The monoisotopic (exact) mass is 419 g/mol. The van der Waals surface area contributed by atoms with Gasteiger partial charge in [0.25, 0.3) is 0 Å². The van der Waals surface area contributed by atoms with E-state index < -0.39 is 20.6 Å². The topological polar surface area (TPSA) is 64.1 Å². The van der Waals surface area contributed by atoms with Gasteiger partial charge in [0.2, 0.25) is 9.84 Å². The summed E-state index contributed by atoms with van der Waals surface area (Å²) in [5, 5.41) is 0.548. The van der Waals surface area contributed by atoms with Gasteiger partial charge in [0.05, 0.1) is 4.90 Å². The van der Waals surface area contributed by atoms with Crippen LogP contribution in [0.3, 0.4) is 0 Å². The third kappa shape index (κ3) is 3.98. The van der Waals surface area contributed by atoms with Crippen molar-refractivity contribution in [3.8, 4) is 0 Å². The average Bonchev–Trinajstić information content (AvgIpc) is 2.61. The summed E-state index contributed by atoms with van der Waals surface area (Å²) in [6.07, 6.45) is 0. The molecular formula is C20H18ClNO3S2. The lowest BCUT2D eigenvalue weighted by atomic mass is 10.2. The molecule has 0 bridgehead atoms. The Kier molecular flexibility index (Phi) is 5.51. The van der Waals surface area contributed by atoms with Crippen molar-refractivity contribution in [2.45, 2.75) is 40.5 Å².